The standard InChI is InChI=1S/C11H13N3O2/c1-4-6-11(2,3)14-10-12-7-5-8(13-10)9(15)16/h1,5,7H,6H2,2-3H3,(H,15,16)(H,12,13,14). The monoisotopic (exact) mass is 219 g/mol. The Bertz CT molecular complexity index is 435. The number of terminal acetylenes is 1. The van der Waals surface area contributed by atoms with Crippen molar-refractivity contribution in [1.82, 2.24) is 9.97 Å². The van der Waals surface area contributed by atoms with Crippen molar-refractivity contribution < 1.29 is 9.90 Å². The molecule has 0 spiro atoms. The molecule has 1 heterocycles. The van der Waals surface area contributed by atoms with E-state index in [0.29, 0.717) is 6.42 Å². The number of hydrogen-bond acceptors (Lipinski definition) is 4. The molecular formula is C11H13N3O2. The molecule has 5 nitrogen and oxygen atoms in total. The highest BCUT2D eigenvalue weighted by Crippen LogP contribution is 2.14. The van der Waals surface area contributed by atoms with Crippen LogP contribution in [0.3, 0.4) is 0 Å². The van der Waals surface area contributed by atoms with Crippen molar-refractivity contribution in [3.63, 3.8) is 0 Å². The minimum atomic E-state index is -1.08. The number of anilines is 1. The number of rotatable bonds is 4. The minimum Gasteiger partial charge on any atom is -0.477 e. The van der Waals surface area contributed by atoms with Crippen LogP contribution in [0.4, 0.5) is 5.95 Å². The normalized spacial score (nSPS) is 10.6. The van der Waals surface area contributed by atoms with Crippen molar-refractivity contribution in [1.29, 1.82) is 0 Å². The van der Waals surface area contributed by atoms with Crippen LogP contribution < -0.4 is 5.32 Å². The molecule has 5 heteroatoms. The molecule has 1 rings (SSSR count). The summed E-state index contributed by atoms with van der Waals surface area (Å²) in [6, 6.07) is 1.34. The Morgan fingerprint density at radius 2 is 2.38 bits per heavy atom. The Morgan fingerprint density at radius 3 is 2.94 bits per heavy atom. The maximum atomic E-state index is 10.7. The lowest BCUT2D eigenvalue weighted by Crippen LogP contribution is -2.31. The SMILES string of the molecule is C#CCC(C)(C)Nc1nccc(C(=O)O)n1. The van der Waals surface area contributed by atoms with Crippen molar-refractivity contribution in [2.45, 2.75) is 25.8 Å². The Labute approximate surface area is 93.9 Å². The summed E-state index contributed by atoms with van der Waals surface area (Å²) >= 11 is 0. The summed E-state index contributed by atoms with van der Waals surface area (Å²) in [6.07, 6.45) is 7.11. The second kappa shape index (κ2) is 4.62. The first-order chi connectivity index (χ1) is 7.44. The molecule has 0 atom stereocenters. The van der Waals surface area contributed by atoms with Gasteiger partial charge in [0.25, 0.3) is 0 Å². The van der Waals surface area contributed by atoms with Crippen LogP contribution in [0.15, 0.2) is 12.3 Å². The average Bonchev–Trinajstić information content (AvgIpc) is 2.17. The van der Waals surface area contributed by atoms with Gasteiger partial charge in [-0.1, -0.05) is 0 Å². The smallest absolute Gasteiger partial charge is 0.354 e. The number of nitrogens with one attached hydrogen (secondary N) is 1. The molecule has 0 fully saturated rings. The minimum absolute atomic E-state index is 0.0472. The Balaban J connectivity index is 2.86. The van der Waals surface area contributed by atoms with Gasteiger partial charge in [0.05, 0.1) is 0 Å². The summed E-state index contributed by atoms with van der Waals surface area (Å²) in [4.78, 5) is 18.5. The van der Waals surface area contributed by atoms with Crippen LogP contribution in [-0.4, -0.2) is 26.6 Å². The molecule has 0 bridgehead atoms. The first-order valence-corrected chi connectivity index (χ1v) is 4.72. The van der Waals surface area contributed by atoms with E-state index in [4.69, 9.17) is 11.5 Å². The van der Waals surface area contributed by atoms with Crippen LogP contribution in [0.2, 0.25) is 0 Å². The number of carbonyl (C=O) groups is 1. The van der Waals surface area contributed by atoms with Gasteiger partial charge in [-0.2, -0.15) is 0 Å². The van der Waals surface area contributed by atoms with Gasteiger partial charge in [-0.05, 0) is 19.9 Å². The molecule has 0 unspecified atom stereocenters. The molecule has 0 aliphatic rings. The van der Waals surface area contributed by atoms with Gasteiger partial charge >= 0.3 is 5.97 Å². The third-order valence-corrected chi connectivity index (χ3v) is 1.87. The first kappa shape index (κ1) is 12.0. The molecule has 0 radical (unpaired) electrons. The van der Waals surface area contributed by atoms with Gasteiger partial charge in [0.1, 0.15) is 0 Å². The predicted molar refractivity (Wildman–Crippen MR) is 60.1 cm³/mol. The van der Waals surface area contributed by atoms with E-state index in [1.165, 1.54) is 12.3 Å². The van der Waals surface area contributed by atoms with Gasteiger partial charge in [0.2, 0.25) is 5.95 Å². The summed E-state index contributed by atoms with van der Waals surface area (Å²) in [6.45, 7) is 3.79. The van der Waals surface area contributed by atoms with Gasteiger partial charge < -0.3 is 10.4 Å². The van der Waals surface area contributed by atoms with Crippen molar-refractivity contribution in [2.75, 3.05) is 5.32 Å². The Kier molecular flexibility index (Phi) is 3.46. The van der Waals surface area contributed by atoms with E-state index in [1.54, 1.807) is 0 Å². The summed E-state index contributed by atoms with van der Waals surface area (Å²) in [5, 5.41) is 11.7. The van der Waals surface area contributed by atoms with Crippen LogP contribution in [0, 0.1) is 12.3 Å². The van der Waals surface area contributed by atoms with Gasteiger partial charge in [0, 0.05) is 18.2 Å². The number of aromatic nitrogens is 2. The van der Waals surface area contributed by atoms with E-state index >= 15 is 0 Å². The molecule has 0 saturated carbocycles. The lowest BCUT2D eigenvalue weighted by molar-refractivity contribution is 0.0690. The van der Waals surface area contributed by atoms with Gasteiger partial charge in [-0.15, -0.1) is 12.3 Å². The third kappa shape index (κ3) is 3.24. The molecule has 0 amide bonds. The largest absolute Gasteiger partial charge is 0.477 e. The highest BCUT2D eigenvalue weighted by molar-refractivity contribution is 5.85. The number of aromatic carboxylic acids is 1. The van der Waals surface area contributed by atoms with E-state index < -0.39 is 5.97 Å². The van der Waals surface area contributed by atoms with Gasteiger partial charge in [0.15, 0.2) is 5.69 Å². The first-order valence-electron chi connectivity index (χ1n) is 4.72. The highest BCUT2D eigenvalue weighted by Gasteiger charge is 2.17. The molecule has 0 aliphatic heterocycles. The molecule has 0 aromatic carbocycles. The van der Waals surface area contributed by atoms with Crippen LogP contribution in [-0.2, 0) is 0 Å². The van der Waals surface area contributed by atoms with E-state index in [-0.39, 0.29) is 17.2 Å². The fourth-order valence-corrected chi connectivity index (χ4v) is 1.14. The zero-order valence-corrected chi connectivity index (χ0v) is 9.19. The van der Waals surface area contributed by atoms with Crippen LogP contribution >= 0.6 is 0 Å². The average molecular weight is 219 g/mol. The molecule has 16 heavy (non-hydrogen) atoms. The van der Waals surface area contributed by atoms with Crippen molar-refractivity contribution in [3.8, 4) is 12.3 Å². The fourth-order valence-electron chi connectivity index (χ4n) is 1.14. The Morgan fingerprint density at radius 1 is 1.69 bits per heavy atom. The van der Waals surface area contributed by atoms with E-state index in [2.05, 4.69) is 21.2 Å². The molecular weight excluding hydrogens is 206 g/mol. The second-order valence-corrected chi connectivity index (χ2v) is 3.96. The van der Waals surface area contributed by atoms with Crippen LogP contribution in [0.5, 0.6) is 0 Å². The molecule has 0 saturated heterocycles. The van der Waals surface area contributed by atoms with Crippen molar-refractivity contribution >= 4 is 11.9 Å². The second-order valence-electron chi connectivity index (χ2n) is 3.96. The van der Waals surface area contributed by atoms with Crippen molar-refractivity contribution in [3.05, 3.63) is 18.0 Å². The van der Waals surface area contributed by atoms with Crippen molar-refractivity contribution in [2.24, 2.45) is 0 Å². The molecule has 0 aliphatic carbocycles. The topological polar surface area (TPSA) is 75.1 Å². The molecule has 2 N–H and O–H groups in total. The lowest BCUT2D eigenvalue weighted by Gasteiger charge is -2.23. The predicted octanol–water partition coefficient (Wildman–Crippen LogP) is 1.39. The third-order valence-electron chi connectivity index (χ3n) is 1.87. The molecule has 1 aromatic rings. The molecule has 84 valence electrons. The molecule has 1 aromatic heterocycles. The Hall–Kier alpha value is -2.09. The highest BCUT2D eigenvalue weighted by atomic mass is 16.4. The number of carboxylic acids is 1. The van der Waals surface area contributed by atoms with Gasteiger partial charge in [-0.25, -0.2) is 14.8 Å². The van der Waals surface area contributed by atoms with Gasteiger partial charge in [-0.3, -0.25) is 0 Å². The maximum Gasteiger partial charge on any atom is 0.354 e. The van der Waals surface area contributed by atoms with E-state index in [1.807, 2.05) is 13.8 Å². The van der Waals surface area contributed by atoms with E-state index in [0.717, 1.165) is 0 Å². The zero-order chi connectivity index (χ0) is 12.2. The summed E-state index contributed by atoms with van der Waals surface area (Å²) < 4.78 is 0. The fraction of sp³-hybridized carbons (Fsp3) is 0.364. The summed E-state index contributed by atoms with van der Waals surface area (Å²) in [7, 11) is 0. The van der Waals surface area contributed by atoms with Crippen LogP contribution in [0.25, 0.3) is 0 Å². The summed E-state index contributed by atoms with van der Waals surface area (Å²) in [5.74, 6) is 1.71. The summed E-state index contributed by atoms with van der Waals surface area (Å²) in [5.41, 5.74) is -0.416. The zero-order valence-electron chi connectivity index (χ0n) is 9.19. The number of carboxylic acid groups (broad SMARTS) is 1. The quantitative estimate of drug-likeness (QED) is 0.748. The van der Waals surface area contributed by atoms with Crippen LogP contribution in [0.1, 0.15) is 30.8 Å². The van der Waals surface area contributed by atoms with E-state index in [9.17, 15) is 4.79 Å². The lowest BCUT2D eigenvalue weighted by atomic mass is 10.0. The number of hydrogen-bond donors (Lipinski definition) is 2. The number of nitrogens with zero attached hydrogens (tertiary/aromatic N) is 2. The maximum absolute atomic E-state index is 10.7.